The van der Waals surface area contributed by atoms with Crippen molar-refractivity contribution in [3.8, 4) is 0 Å². The highest BCUT2D eigenvalue weighted by molar-refractivity contribution is 5.77. The lowest BCUT2D eigenvalue weighted by Crippen LogP contribution is -2.46. The molecule has 6 nitrogen and oxygen atoms in total. The van der Waals surface area contributed by atoms with Crippen LogP contribution in [0.15, 0.2) is 72.9 Å². The van der Waals surface area contributed by atoms with Crippen LogP contribution in [0.1, 0.15) is 207 Å². The van der Waals surface area contributed by atoms with Gasteiger partial charge < -0.3 is 20.3 Å². The van der Waals surface area contributed by atoms with Gasteiger partial charge in [0.25, 0.3) is 0 Å². The number of amides is 1. The number of carbonyl (C=O) groups is 2. The topological polar surface area (TPSA) is 95.9 Å². The molecule has 6 heteroatoms. The highest BCUT2D eigenvalue weighted by atomic mass is 16.5. The van der Waals surface area contributed by atoms with Crippen molar-refractivity contribution < 1.29 is 24.5 Å². The molecular weight excluding hydrogens is 695 g/mol. The molecule has 322 valence electrons. The second kappa shape index (κ2) is 43.4. The molecule has 0 fully saturated rings. The summed E-state index contributed by atoms with van der Waals surface area (Å²) in [6.45, 7) is 6.28. The first-order valence-electron chi connectivity index (χ1n) is 23.2. The highest BCUT2D eigenvalue weighted by Crippen LogP contribution is 2.17. The fourth-order valence-electron chi connectivity index (χ4n) is 6.70. The largest absolute Gasteiger partial charge is 0.462 e. The molecule has 0 aromatic rings. The molecule has 0 heterocycles. The van der Waals surface area contributed by atoms with Crippen molar-refractivity contribution in [1.82, 2.24) is 5.32 Å². The minimum Gasteiger partial charge on any atom is -0.462 e. The van der Waals surface area contributed by atoms with Crippen LogP contribution in [0.3, 0.4) is 0 Å². The Morgan fingerprint density at radius 3 is 1.43 bits per heavy atom. The SMILES string of the molecule is CC\C=C/C=C/C=C/C=C\C=C\C=C\CCCC(CC(=O)NC(CO)C(O)CCCCCCCCCCCC)OC(=O)CCCCCCCCCCCCCC. The summed E-state index contributed by atoms with van der Waals surface area (Å²) in [5, 5.41) is 23.6. The van der Waals surface area contributed by atoms with Crippen molar-refractivity contribution in [2.45, 2.75) is 225 Å². The smallest absolute Gasteiger partial charge is 0.306 e. The number of esters is 1. The maximum atomic E-state index is 13.1. The number of aliphatic hydroxyl groups excluding tert-OH is 2. The Balaban J connectivity index is 4.78. The first-order chi connectivity index (χ1) is 27.5. The van der Waals surface area contributed by atoms with Crippen LogP contribution >= 0.6 is 0 Å². The number of carbonyl (C=O) groups excluding carboxylic acids is 2. The van der Waals surface area contributed by atoms with Gasteiger partial charge in [0, 0.05) is 6.42 Å². The lowest BCUT2D eigenvalue weighted by Gasteiger charge is -2.24. The van der Waals surface area contributed by atoms with E-state index < -0.39 is 18.2 Å². The molecule has 0 saturated heterocycles. The maximum absolute atomic E-state index is 13.1. The second-order valence-electron chi connectivity index (χ2n) is 15.6. The van der Waals surface area contributed by atoms with Crippen LogP contribution < -0.4 is 5.32 Å². The molecule has 0 rings (SSSR count). The minimum atomic E-state index is -0.807. The normalized spacial score (nSPS) is 14.0. The van der Waals surface area contributed by atoms with E-state index in [1.54, 1.807) is 0 Å². The van der Waals surface area contributed by atoms with Crippen LogP contribution in [0, 0.1) is 0 Å². The Bertz CT molecular complexity index is 1060. The Morgan fingerprint density at radius 2 is 0.964 bits per heavy atom. The van der Waals surface area contributed by atoms with Gasteiger partial charge in [-0.2, -0.15) is 0 Å². The summed E-state index contributed by atoms with van der Waals surface area (Å²) in [5.74, 6) is -0.552. The van der Waals surface area contributed by atoms with Gasteiger partial charge in [-0.15, -0.1) is 0 Å². The quantitative estimate of drug-likeness (QED) is 0.0327. The molecule has 56 heavy (non-hydrogen) atoms. The Labute approximate surface area is 345 Å². The lowest BCUT2D eigenvalue weighted by molar-refractivity contribution is -0.151. The zero-order valence-electron chi connectivity index (χ0n) is 36.5. The first-order valence-corrected chi connectivity index (χ1v) is 23.2. The van der Waals surface area contributed by atoms with Crippen molar-refractivity contribution in [2.24, 2.45) is 0 Å². The van der Waals surface area contributed by atoms with Crippen LogP contribution in [0.5, 0.6) is 0 Å². The van der Waals surface area contributed by atoms with E-state index in [9.17, 15) is 19.8 Å². The highest BCUT2D eigenvalue weighted by Gasteiger charge is 2.24. The van der Waals surface area contributed by atoms with E-state index >= 15 is 0 Å². The fourth-order valence-corrected chi connectivity index (χ4v) is 6.70. The van der Waals surface area contributed by atoms with Crippen LogP contribution in [-0.2, 0) is 14.3 Å². The third-order valence-electron chi connectivity index (χ3n) is 10.2. The number of hydrogen-bond donors (Lipinski definition) is 3. The number of nitrogens with one attached hydrogen (secondary N) is 1. The molecule has 3 atom stereocenters. The van der Waals surface area contributed by atoms with Gasteiger partial charge in [0.2, 0.25) is 5.91 Å². The van der Waals surface area contributed by atoms with Gasteiger partial charge in [0.15, 0.2) is 0 Å². The van der Waals surface area contributed by atoms with Crippen LogP contribution in [0.4, 0.5) is 0 Å². The molecule has 3 unspecified atom stereocenters. The van der Waals surface area contributed by atoms with Gasteiger partial charge in [-0.3, -0.25) is 9.59 Å². The molecule has 3 N–H and O–H groups in total. The summed E-state index contributed by atoms with van der Waals surface area (Å²) in [4.78, 5) is 26.0. The van der Waals surface area contributed by atoms with Crippen LogP contribution in [0.25, 0.3) is 0 Å². The molecule has 0 aliphatic carbocycles. The summed E-state index contributed by atoms with van der Waals surface area (Å²) < 4.78 is 5.87. The standard InChI is InChI=1S/C50H87NO5/c1-4-7-10-13-16-19-22-24-25-26-27-29-32-35-38-41-46(56-50(55)43-40-37-34-31-28-23-20-17-14-11-8-5-2)44-49(54)51-47(45-52)48(53)42-39-36-33-30-21-18-15-12-9-6-3/h7,10,13,16,19,22,24-27,29,32,46-48,52-53H,4-6,8-9,11-12,14-15,17-18,20-21,23,28,30-31,33-45H2,1-3H3,(H,51,54)/b10-7-,16-13+,22-19+,25-24-,27-26+,32-29+. The van der Waals surface area contributed by atoms with Crippen molar-refractivity contribution in [3.63, 3.8) is 0 Å². The molecule has 0 aliphatic rings. The van der Waals surface area contributed by atoms with Crippen molar-refractivity contribution >= 4 is 11.9 Å². The number of allylic oxidation sites excluding steroid dienone is 12. The van der Waals surface area contributed by atoms with E-state index in [0.717, 1.165) is 57.8 Å². The summed E-state index contributed by atoms with van der Waals surface area (Å²) in [6, 6.07) is -0.725. The monoisotopic (exact) mass is 782 g/mol. The molecule has 1 amide bonds. The van der Waals surface area contributed by atoms with Crippen molar-refractivity contribution in [2.75, 3.05) is 6.61 Å². The molecule has 0 radical (unpaired) electrons. The van der Waals surface area contributed by atoms with E-state index in [1.165, 1.54) is 103 Å². The van der Waals surface area contributed by atoms with Crippen molar-refractivity contribution in [3.05, 3.63) is 72.9 Å². The van der Waals surface area contributed by atoms with Gasteiger partial charge in [-0.1, -0.05) is 229 Å². The van der Waals surface area contributed by atoms with Crippen molar-refractivity contribution in [1.29, 1.82) is 0 Å². The van der Waals surface area contributed by atoms with Gasteiger partial charge in [0.1, 0.15) is 6.10 Å². The Kier molecular flexibility index (Phi) is 41.3. The average Bonchev–Trinajstić information content (AvgIpc) is 3.19. The van der Waals surface area contributed by atoms with E-state index in [2.05, 4.69) is 38.2 Å². The van der Waals surface area contributed by atoms with Crippen LogP contribution in [0.2, 0.25) is 0 Å². The molecule has 0 aromatic heterocycles. The zero-order chi connectivity index (χ0) is 41.0. The number of hydrogen-bond acceptors (Lipinski definition) is 5. The number of rotatable bonds is 40. The van der Waals surface area contributed by atoms with E-state index in [-0.39, 0.29) is 24.9 Å². The van der Waals surface area contributed by atoms with Crippen LogP contribution in [-0.4, -0.2) is 46.9 Å². The molecule has 0 aliphatic heterocycles. The number of ether oxygens (including phenoxy) is 1. The Hall–Kier alpha value is -2.70. The summed E-state index contributed by atoms with van der Waals surface area (Å²) >= 11 is 0. The van der Waals surface area contributed by atoms with E-state index in [0.29, 0.717) is 19.3 Å². The molecule has 0 aromatic carbocycles. The first kappa shape index (κ1) is 53.3. The number of unbranched alkanes of at least 4 members (excludes halogenated alkanes) is 21. The van der Waals surface area contributed by atoms with Gasteiger partial charge in [-0.25, -0.2) is 0 Å². The zero-order valence-corrected chi connectivity index (χ0v) is 36.5. The minimum absolute atomic E-state index is 0.0255. The predicted octanol–water partition coefficient (Wildman–Crippen LogP) is 13.4. The van der Waals surface area contributed by atoms with E-state index in [4.69, 9.17) is 4.74 Å². The molecule has 0 saturated carbocycles. The van der Waals surface area contributed by atoms with E-state index in [1.807, 2.05) is 60.8 Å². The average molecular weight is 782 g/mol. The Morgan fingerprint density at radius 1 is 0.536 bits per heavy atom. The second-order valence-corrected chi connectivity index (χ2v) is 15.6. The summed E-state index contributed by atoms with van der Waals surface area (Å²) in [5.41, 5.74) is 0. The number of aliphatic hydroxyl groups is 2. The third kappa shape index (κ3) is 38.2. The van der Waals surface area contributed by atoms with Gasteiger partial charge >= 0.3 is 5.97 Å². The lowest BCUT2D eigenvalue weighted by atomic mass is 10.0. The third-order valence-corrected chi connectivity index (χ3v) is 10.2. The summed E-state index contributed by atoms with van der Waals surface area (Å²) in [7, 11) is 0. The molecular formula is C50H87NO5. The van der Waals surface area contributed by atoms with Gasteiger partial charge in [-0.05, 0) is 38.5 Å². The predicted molar refractivity (Wildman–Crippen MR) is 241 cm³/mol. The fraction of sp³-hybridized carbons (Fsp3) is 0.720. The van der Waals surface area contributed by atoms with Gasteiger partial charge in [0.05, 0.1) is 25.2 Å². The molecule has 0 spiro atoms. The molecule has 0 bridgehead atoms. The summed E-state index contributed by atoms with van der Waals surface area (Å²) in [6.07, 6.45) is 53.9. The maximum Gasteiger partial charge on any atom is 0.306 e.